The summed E-state index contributed by atoms with van der Waals surface area (Å²) in [4.78, 5) is 23.4. The second-order valence-corrected chi connectivity index (χ2v) is 10.4. The zero-order valence-electron chi connectivity index (χ0n) is 20.5. The van der Waals surface area contributed by atoms with Crippen molar-refractivity contribution in [3.05, 3.63) is 29.8 Å². The lowest BCUT2D eigenvalue weighted by molar-refractivity contribution is -0.577. The van der Waals surface area contributed by atoms with Crippen molar-refractivity contribution in [2.45, 2.75) is 76.8 Å². The number of carbonyl (C=O) groups excluding carboxylic acids is 1. The van der Waals surface area contributed by atoms with Crippen molar-refractivity contribution in [2.75, 3.05) is 20.3 Å². The van der Waals surface area contributed by atoms with Crippen LogP contribution in [0.3, 0.4) is 0 Å². The molecule has 0 aromatic heterocycles. The molecular formula is C26H36O8. The molecule has 8 atom stereocenters. The lowest BCUT2D eigenvalue weighted by Crippen LogP contribution is -2.70. The lowest BCUT2D eigenvalue weighted by atomic mass is 9.58. The first-order chi connectivity index (χ1) is 16.3. The van der Waals surface area contributed by atoms with E-state index >= 15 is 0 Å². The molecule has 6 rings (SSSR count). The topological polar surface area (TPSA) is 81.7 Å². The van der Waals surface area contributed by atoms with E-state index in [1.807, 2.05) is 31.2 Å². The third-order valence-corrected chi connectivity index (χ3v) is 8.23. The fourth-order valence-electron chi connectivity index (χ4n) is 6.33. The standard InChI is InChI=1S/C26H36O8/c1-16-5-10-21-17(2)23(31-24-26(21)20(16)11-12-25(3,32-24)33-34-26)30-14-13-29-19-8-6-18(7-9-19)15-22(27)28-4/h6-9,16-17,20-21,23-24H,5,10-15H2,1-4H3/t16-,17-,20?,21+,23+,24-,25-,26-/m1/s1. The summed E-state index contributed by atoms with van der Waals surface area (Å²) in [6.07, 6.45) is 3.35. The predicted octanol–water partition coefficient (Wildman–Crippen LogP) is 4.01. The SMILES string of the molecule is COC(=O)Cc1ccc(OCCO[C@H]2O[C@@H]3O[C@@]4(C)CCC5[C@H](C)CC[C@@H]([C@H]2C)[C@]53OO4)cc1. The number of fused-ring (bicyclic) bond motifs is 2. The summed E-state index contributed by atoms with van der Waals surface area (Å²) in [7, 11) is 1.39. The Morgan fingerprint density at radius 2 is 1.85 bits per heavy atom. The molecular weight excluding hydrogens is 440 g/mol. The molecule has 188 valence electrons. The molecule has 1 aromatic rings. The monoisotopic (exact) mass is 476 g/mol. The number of hydrogen-bond acceptors (Lipinski definition) is 8. The van der Waals surface area contributed by atoms with Crippen LogP contribution in [0.2, 0.25) is 0 Å². The summed E-state index contributed by atoms with van der Waals surface area (Å²) in [6, 6.07) is 7.42. The average molecular weight is 477 g/mol. The molecule has 1 unspecified atom stereocenters. The van der Waals surface area contributed by atoms with Gasteiger partial charge in [-0.2, -0.15) is 0 Å². The van der Waals surface area contributed by atoms with Gasteiger partial charge in [-0.1, -0.05) is 26.0 Å². The average Bonchev–Trinajstić information content (AvgIpc) is 3.06. The van der Waals surface area contributed by atoms with Gasteiger partial charge in [-0.15, -0.1) is 0 Å². The highest BCUT2D eigenvalue weighted by Gasteiger charge is 2.69. The van der Waals surface area contributed by atoms with E-state index in [2.05, 4.69) is 13.8 Å². The largest absolute Gasteiger partial charge is 0.491 e. The normalized spacial score (nSPS) is 40.8. The van der Waals surface area contributed by atoms with Crippen LogP contribution in [-0.4, -0.2) is 50.3 Å². The van der Waals surface area contributed by atoms with Crippen molar-refractivity contribution >= 4 is 5.97 Å². The highest BCUT2D eigenvalue weighted by atomic mass is 17.3. The maximum Gasteiger partial charge on any atom is 0.309 e. The summed E-state index contributed by atoms with van der Waals surface area (Å²) in [5.41, 5.74) is 0.307. The second-order valence-electron chi connectivity index (χ2n) is 10.4. The minimum absolute atomic E-state index is 0.138. The van der Waals surface area contributed by atoms with Crippen molar-refractivity contribution in [1.29, 1.82) is 0 Å². The highest BCUT2D eigenvalue weighted by molar-refractivity contribution is 5.72. The lowest BCUT2D eigenvalue weighted by Gasteiger charge is -2.60. The minimum atomic E-state index is -0.786. The van der Waals surface area contributed by atoms with E-state index in [4.69, 9.17) is 33.5 Å². The van der Waals surface area contributed by atoms with Gasteiger partial charge in [-0.3, -0.25) is 4.79 Å². The fourth-order valence-corrected chi connectivity index (χ4v) is 6.33. The quantitative estimate of drug-likeness (QED) is 0.332. The van der Waals surface area contributed by atoms with Gasteiger partial charge in [0.1, 0.15) is 12.4 Å². The number of ether oxygens (including phenoxy) is 5. The molecule has 8 heteroatoms. The third-order valence-electron chi connectivity index (χ3n) is 8.23. The molecule has 1 aliphatic carbocycles. The van der Waals surface area contributed by atoms with E-state index in [1.165, 1.54) is 7.11 Å². The Bertz CT molecular complexity index is 874. The molecule has 1 aromatic carbocycles. The van der Waals surface area contributed by atoms with Crippen LogP contribution >= 0.6 is 0 Å². The Morgan fingerprint density at radius 3 is 2.62 bits per heavy atom. The molecule has 2 bridgehead atoms. The number of esters is 1. The van der Waals surface area contributed by atoms with E-state index in [1.54, 1.807) is 0 Å². The van der Waals surface area contributed by atoms with E-state index in [9.17, 15) is 4.79 Å². The Balaban J connectivity index is 1.19. The fraction of sp³-hybridized carbons (Fsp3) is 0.731. The maximum atomic E-state index is 11.4. The van der Waals surface area contributed by atoms with Crippen LogP contribution in [0.1, 0.15) is 52.0 Å². The first-order valence-corrected chi connectivity index (χ1v) is 12.4. The molecule has 34 heavy (non-hydrogen) atoms. The molecule has 0 N–H and O–H groups in total. The van der Waals surface area contributed by atoms with Crippen LogP contribution in [0, 0.1) is 23.7 Å². The highest BCUT2D eigenvalue weighted by Crippen LogP contribution is 2.60. The van der Waals surface area contributed by atoms with Crippen LogP contribution in [0.15, 0.2) is 24.3 Å². The van der Waals surface area contributed by atoms with E-state index in [-0.39, 0.29) is 24.2 Å². The van der Waals surface area contributed by atoms with Crippen LogP contribution in [-0.2, 0) is 39.9 Å². The molecule has 8 nitrogen and oxygen atoms in total. The molecule has 0 amide bonds. The Hall–Kier alpha value is -1.71. The first-order valence-electron chi connectivity index (χ1n) is 12.4. The molecule has 4 aliphatic heterocycles. The van der Waals surface area contributed by atoms with Gasteiger partial charge in [0.2, 0.25) is 5.79 Å². The molecule has 4 heterocycles. The number of benzene rings is 1. The van der Waals surface area contributed by atoms with E-state index < -0.39 is 24.0 Å². The minimum Gasteiger partial charge on any atom is -0.491 e. The summed E-state index contributed by atoms with van der Waals surface area (Å²) >= 11 is 0. The molecule has 0 radical (unpaired) electrons. The van der Waals surface area contributed by atoms with Crippen molar-refractivity contribution in [1.82, 2.24) is 0 Å². The van der Waals surface area contributed by atoms with Crippen molar-refractivity contribution in [2.24, 2.45) is 23.7 Å². The van der Waals surface area contributed by atoms with Crippen molar-refractivity contribution < 1.29 is 38.3 Å². The van der Waals surface area contributed by atoms with Crippen molar-refractivity contribution in [3.63, 3.8) is 0 Å². The molecule has 1 spiro atoms. The molecule has 5 aliphatic rings. The summed E-state index contributed by atoms with van der Waals surface area (Å²) in [6.45, 7) is 7.19. The van der Waals surface area contributed by atoms with Crippen LogP contribution in [0.25, 0.3) is 0 Å². The summed E-state index contributed by atoms with van der Waals surface area (Å²) < 4.78 is 29.5. The zero-order chi connectivity index (χ0) is 23.9. The number of hydrogen-bond donors (Lipinski definition) is 0. The van der Waals surface area contributed by atoms with Gasteiger partial charge >= 0.3 is 5.97 Å². The van der Waals surface area contributed by atoms with E-state index in [0.717, 1.165) is 37.0 Å². The van der Waals surface area contributed by atoms with Gasteiger partial charge in [-0.05, 0) is 55.7 Å². The van der Waals surface area contributed by atoms with Gasteiger partial charge in [0.15, 0.2) is 18.2 Å². The van der Waals surface area contributed by atoms with Gasteiger partial charge in [0.05, 0.1) is 20.1 Å². The van der Waals surface area contributed by atoms with Crippen LogP contribution in [0.5, 0.6) is 5.75 Å². The Morgan fingerprint density at radius 1 is 1.06 bits per heavy atom. The third kappa shape index (κ3) is 4.24. The number of carbonyl (C=O) groups is 1. The Kier molecular flexibility index (Phi) is 6.63. The first kappa shape index (κ1) is 24.0. The van der Waals surface area contributed by atoms with E-state index in [0.29, 0.717) is 25.0 Å². The molecule has 5 fully saturated rings. The predicted molar refractivity (Wildman–Crippen MR) is 120 cm³/mol. The summed E-state index contributed by atoms with van der Waals surface area (Å²) in [5, 5.41) is 0. The van der Waals surface area contributed by atoms with Gasteiger partial charge in [0, 0.05) is 18.3 Å². The van der Waals surface area contributed by atoms with Crippen LogP contribution < -0.4 is 4.74 Å². The van der Waals surface area contributed by atoms with Crippen molar-refractivity contribution in [3.8, 4) is 5.75 Å². The Labute approximate surface area is 201 Å². The molecule has 4 saturated heterocycles. The molecule has 1 saturated carbocycles. The number of rotatable bonds is 7. The van der Waals surface area contributed by atoms with Gasteiger partial charge in [-0.25, -0.2) is 9.78 Å². The van der Waals surface area contributed by atoms with Gasteiger partial charge < -0.3 is 23.7 Å². The zero-order valence-corrected chi connectivity index (χ0v) is 20.5. The second kappa shape index (κ2) is 9.39. The number of methoxy groups -OCH3 is 1. The smallest absolute Gasteiger partial charge is 0.309 e. The maximum absolute atomic E-state index is 11.4. The van der Waals surface area contributed by atoms with Crippen LogP contribution in [0.4, 0.5) is 0 Å². The summed E-state index contributed by atoms with van der Waals surface area (Å²) in [5.74, 6) is 0.927. The van der Waals surface area contributed by atoms with Gasteiger partial charge in [0.25, 0.3) is 0 Å².